The summed E-state index contributed by atoms with van der Waals surface area (Å²) in [6, 6.07) is 0. The second-order valence-corrected chi connectivity index (χ2v) is 3.07. The number of carbonyl (C=O) groups excluding carboxylic acids is 1. The fourth-order valence-corrected chi connectivity index (χ4v) is 1.39. The van der Waals surface area contributed by atoms with Crippen LogP contribution in [0.4, 0.5) is 0 Å². The van der Waals surface area contributed by atoms with Crippen molar-refractivity contribution in [3.63, 3.8) is 0 Å². The van der Waals surface area contributed by atoms with E-state index in [1.54, 1.807) is 13.8 Å². The van der Waals surface area contributed by atoms with Crippen LogP contribution in [-0.2, 0) is 14.3 Å². The minimum Gasteiger partial charge on any atom is -0.467 e. The van der Waals surface area contributed by atoms with Crippen molar-refractivity contribution in [3.05, 3.63) is 11.8 Å². The minimum atomic E-state index is -0.745. The molecule has 3 heteroatoms. The van der Waals surface area contributed by atoms with Gasteiger partial charge >= 0.3 is 0 Å². The quantitative estimate of drug-likeness (QED) is 0.632. The first-order valence-electron chi connectivity index (χ1n) is 4.10. The molecule has 0 spiro atoms. The first-order valence-corrected chi connectivity index (χ1v) is 4.10. The predicted octanol–water partition coefficient (Wildman–Crippen LogP) is 1.63. The van der Waals surface area contributed by atoms with Crippen LogP contribution in [0.2, 0.25) is 0 Å². The van der Waals surface area contributed by atoms with Crippen molar-refractivity contribution in [2.24, 2.45) is 0 Å². The summed E-state index contributed by atoms with van der Waals surface area (Å²) in [4.78, 5) is 11.1. The Bertz CT molecular complexity index is 220. The highest BCUT2D eigenvalue weighted by Gasteiger charge is 2.32. The average molecular weight is 170 g/mol. The van der Waals surface area contributed by atoms with Crippen LogP contribution in [0.1, 0.15) is 27.2 Å². The molecule has 0 saturated carbocycles. The Labute approximate surface area is 72.4 Å². The third-order valence-electron chi connectivity index (χ3n) is 1.69. The van der Waals surface area contributed by atoms with E-state index in [2.05, 4.69) is 0 Å². The minimum absolute atomic E-state index is 0.0645. The van der Waals surface area contributed by atoms with Crippen LogP contribution in [0.3, 0.4) is 0 Å². The van der Waals surface area contributed by atoms with Gasteiger partial charge in [-0.1, -0.05) is 0 Å². The van der Waals surface area contributed by atoms with Gasteiger partial charge in [0.25, 0.3) is 0 Å². The van der Waals surface area contributed by atoms with Gasteiger partial charge in [0.15, 0.2) is 5.78 Å². The molecule has 0 amide bonds. The lowest BCUT2D eigenvalue weighted by atomic mass is 10.1. The molecule has 0 fully saturated rings. The molecule has 1 atom stereocenters. The third kappa shape index (κ3) is 2.08. The van der Waals surface area contributed by atoms with Gasteiger partial charge in [-0.25, -0.2) is 0 Å². The van der Waals surface area contributed by atoms with E-state index in [1.807, 2.05) is 6.92 Å². The standard InChI is InChI=1S/C9H14O3/c1-4-11-9(3)6-8(10)5-7(2)12-9/h5H,4,6H2,1-3H3. The van der Waals surface area contributed by atoms with Crippen molar-refractivity contribution in [2.45, 2.75) is 33.0 Å². The molecule has 1 aliphatic rings. The Balaban J connectivity index is 2.71. The third-order valence-corrected chi connectivity index (χ3v) is 1.69. The second kappa shape index (κ2) is 3.27. The average Bonchev–Trinajstić information content (AvgIpc) is 1.82. The van der Waals surface area contributed by atoms with Gasteiger partial charge in [0.1, 0.15) is 5.76 Å². The largest absolute Gasteiger partial charge is 0.467 e. The molecule has 1 unspecified atom stereocenters. The summed E-state index contributed by atoms with van der Waals surface area (Å²) >= 11 is 0. The molecule has 0 radical (unpaired) electrons. The van der Waals surface area contributed by atoms with E-state index < -0.39 is 5.79 Å². The Morgan fingerprint density at radius 2 is 2.42 bits per heavy atom. The summed E-state index contributed by atoms with van der Waals surface area (Å²) < 4.78 is 10.7. The Hall–Kier alpha value is -0.830. The predicted molar refractivity (Wildman–Crippen MR) is 44.5 cm³/mol. The number of ether oxygens (including phenoxy) is 2. The van der Waals surface area contributed by atoms with Gasteiger partial charge in [0.05, 0.1) is 6.42 Å². The first-order chi connectivity index (χ1) is 5.56. The summed E-state index contributed by atoms with van der Waals surface area (Å²) in [5.41, 5.74) is 0. The molecule has 0 N–H and O–H groups in total. The van der Waals surface area contributed by atoms with Crippen molar-refractivity contribution in [3.8, 4) is 0 Å². The van der Waals surface area contributed by atoms with Crippen molar-refractivity contribution < 1.29 is 14.3 Å². The summed E-state index contributed by atoms with van der Waals surface area (Å²) in [5, 5.41) is 0. The highest BCUT2D eigenvalue weighted by Crippen LogP contribution is 2.25. The molecule has 68 valence electrons. The van der Waals surface area contributed by atoms with Gasteiger partial charge in [-0.15, -0.1) is 0 Å². The zero-order valence-electron chi connectivity index (χ0n) is 7.72. The Morgan fingerprint density at radius 1 is 1.75 bits per heavy atom. The topological polar surface area (TPSA) is 35.5 Å². The van der Waals surface area contributed by atoms with Gasteiger partial charge in [0, 0.05) is 19.6 Å². The van der Waals surface area contributed by atoms with Gasteiger partial charge in [0.2, 0.25) is 5.79 Å². The van der Waals surface area contributed by atoms with Gasteiger partial charge in [-0.05, 0) is 13.8 Å². The SMILES string of the molecule is CCOC1(C)CC(=O)C=C(C)O1. The lowest BCUT2D eigenvalue weighted by molar-refractivity contribution is -0.207. The van der Waals surface area contributed by atoms with Crippen molar-refractivity contribution in [2.75, 3.05) is 6.61 Å². The number of hydrogen-bond acceptors (Lipinski definition) is 3. The Morgan fingerprint density at radius 3 is 2.92 bits per heavy atom. The van der Waals surface area contributed by atoms with Gasteiger partial charge in [-0.2, -0.15) is 0 Å². The molecule has 0 aromatic carbocycles. The molecular formula is C9H14O3. The van der Waals surface area contributed by atoms with Crippen LogP contribution in [0.15, 0.2) is 11.8 Å². The van der Waals surface area contributed by atoms with Crippen LogP contribution in [0, 0.1) is 0 Å². The second-order valence-electron chi connectivity index (χ2n) is 3.07. The van der Waals surface area contributed by atoms with Crippen LogP contribution >= 0.6 is 0 Å². The molecule has 12 heavy (non-hydrogen) atoms. The van der Waals surface area contributed by atoms with Crippen molar-refractivity contribution >= 4 is 5.78 Å². The fraction of sp³-hybridized carbons (Fsp3) is 0.667. The first kappa shape index (κ1) is 9.26. The molecule has 3 nitrogen and oxygen atoms in total. The molecule has 0 saturated heterocycles. The zero-order valence-corrected chi connectivity index (χ0v) is 7.72. The van der Waals surface area contributed by atoms with Crippen LogP contribution in [-0.4, -0.2) is 18.2 Å². The highest BCUT2D eigenvalue weighted by atomic mass is 16.7. The maximum absolute atomic E-state index is 11.1. The lowest BCUT2D eigenvalue weighted by Crippen LogP contribution is -2.37. The fourth-order valence-electron chi connectivity index (χ4n) is 1.39. The number of hydrogen-bond donors (Lipinski definition) is 0. The highest BCUT2D eigenvalue weighted by molar-refractivity contribution is 5.91. The summed E-state index contributed by atoms with van der Waals surface area (Å²) in [6.45, 7) is 5.98. The van der Waals surface area contributed by atoms with Gasteiger partial charge < -0.3 is 9.47 Å². The smallest absolute Gasteiger partial charge is 0.214 e. The molecule has 0 aromatic heterocycles. The number of allylic oxidation sites excluding steroid dienone is 2. The molecule has 1 aliphatic heterocycles. The zero-order chi connectivity index (χ0) is 9.19. The monoisotopic (exact) mass is 170 g/mol. The number of carbonyl (C=O) groups is 1. The van der Waals surface area contributed by atoms with Crippen LogP contribution in [0.5, 0.6) is 0 Å². The van der Waals surface area contributed by atoms with E-state index in [9.17, 15) is 4.79 Å². The van der Waals surface area contributed by atoms with Crippen LogP contribution < -0.4 is 0 Å². The van der Waals surface area contributed by atoms with Gasteiger partial charge in [-0.3, -0.25) is 4.79 Å². The van der Waals surface area contributed by atoms with Crippen molar-refractivity contribution in [1.29, 1.82) is 0 Å². The number of ketones is 1. The summed E-state index contributed by atoms with van der Waals surface area (Å²) in [5.74, 6) is -0.0538. The molecule has 1 rings (SSSR count). The molecule has 0 aromatic rings. The maximum atomic E-state index is 11.1. The molecule has 1 heterocycles. The lowest BCUT2D eigenvalue weighted by Gasteiger charge is -2.32. The molecular weight excluding hydrogens is 156 g/mol. The van der Waals surface area contributed by atoms with Crippen LogP contribution in [0.25, 0.3) is 0 Å². The van der Waals surface area contributed by atoms with E-state index >= 15 is 0 Å². The van der Waals surface area contributed by atoms with E-state index in [0.717, 1.165) is 0 Å². The number of rotatable bonds is 2. The van der Waals surface area contributed by atoms with E-state index in [4.69, 9.17) is 9.47 Å². The summed E-state index contributed by atoms with van der Waals surface area (Å²) in [6.07, 6.45) is 1.80. The van der Waals surface area contributed by atoms with E-state index in [1.165, 1.54) is 6.08 Å². The maximum Gasteiger partial charge on any atom is 0.214 e. The normalized spacial score (nSPS) is 29.6. The molecule has 0 aliphatic carbocycles. The van der Waals surface area contributed by atoms with E-state index in [-0.39, 0.29) is 5.78 Å². The van der Waals surface area contributed by atoms with Crippen molar-refractivity contribution in [1.82, 2.24) is 0 Å². The van der Waals surface area contributed by atoms with E-state index in [0.29, 0.717) is 18.8 Å². The Kier molecular flexibility index (Phi) is 2.52. The molecule has 0 bridgehead atoms. The summed E-state index contributed by atoms with van der Waals surface area (Å²) in [7, 11) is 0.